The average Bonchev–Trinajstić information content (AvgIpc) is 3.10. The summed E-state index contributed by atoms with van der Waals surface area (Å²) in [5.74, 6) is -1.09. The highest BCUT2D eigenvalue weighted by molar-refractivity contribution is 5.93. The Bertz CT molecular complexity index is 1030. The number of ether oxygens (including phenoxy) is 1. The van der Waals surface area contributed by atoms with Gasteiger partial charge in [-0.25, -0.2) is 18.3 Å². The molecule has 3 rings (SSSR count). The molecule has 0 amide bonds. The molecule has 0 fully saturated rings. The molecule has 0 aliphatic carbocycles. The summed E-state index contributed by atoms with van der Waals surface area (Å²) >= 11 is 0. The number of hydrogen-bond acceptors (Lipinski definition) is 4. The van der Waals surface area contributed by atoms with Gasteiger partial charge in [0.1, 0.15) is 0 Å². The van der Waals surface area contributed by atoms with Crippen LogP contribution in [0.2, 0.25) is 0 Å². The van der Waals surface area contributed by atoms with E-state index in [-0.39, 0.29) is 11.1 Å². The van der Waals surface area contributed by atoms with E-state index in [9.17, 15) is 26.7 Å². The molecule has 29 heavy (non-hydrogen) atoms. The number of fused-ring (bicyclic) bond motifs is 1. The highest BCUT2D eigenvalue weighted by Crippen LogP contribution is 2.39. The zero-order chi connectivity index (χ0) is 21.4. The molecule has 0 spiro atoms. The van der Waals surface area contributed by atoms with E-state index in [1.807, 2.05) is 0 Å². The molecular weight excluding hydrogens is 397 g/mol. The SMILES string of the molecule is COC(=O)C(CC(F)F)(c1ccc(C(F)(F)F)cc1)n1ncc2c(N)cccc21. The summed E-state index contributed by atoms with van der Waals surface area (Å²) in [4.78, 5) is 12.8. The predicted octanol–water partition coefficient (Wildman–Crippen LogP) is 4.21. The minimum Gasteiger partial charge on any atom is -0.467 e. The molecule has 0 radical (unpaired) electrons. The van der Waals surface area contributed by atoms with Gasteiger partial charge in [0.25, 0.3) is 0 Å². The number of nitrogens with zero attached hydrogens (tertiary/aromatic N) is 2. The normalized spacial score (nSPS) is 14.2. The summed E-state index contributed by atoms with van der Waals surface area (Å²) in [6.45, 7) is 0. The number of esters is 1. The van der Waals surface area contributed by atoms with Crippen molar-refractivity contribution in [3.8, 4) is 0 Å². The van der Waals surface area contributed by atoms with Crippen molar-refractivity contribution >= 4 is 22.6 Å². The van der Waals surface area contributed by atoms with E-state index < -0.39 is 36.1 Å². The minimum atomic E-state index is -4.62. The lowest BCUT2D eigenvalue weighted by Crippen LogP contribution is -2.46. The Morgan fingerprint density at radius 1 is 1.14 bits per heavy atom. The van der Waals surface area contributed by atoms with Gasteiger partial charge in [0.05, 0.1) is 24.4 Å². The maximum absolute atomic E-state index is 13.6. The van der Waals surface area contributed by atoms with Crippen molar-refractivity contribution in [3.63, 3.8) is 0 Å². The number of anilines is 1. The van der Waals surface area contributed by atoms with Gasteiger partial charge in [-0.3, -0.25) is 0 Å². The van der Waals surface area contributed by atoms with Gasteiger partial charge in [-0.1, -0.05) is 18.2 Å². The molecule has 0 bridgehead atoms. The largest absolute Gasteiger partial charge is 0.467 e. The Morgan fingerprint density at radius 3 is 2.31 bits per heavy atom. The zero-order valence-corrected chi connectivity index (χ0v) is 15.1. The number of aromatic nitrogens is 2. The van der Waals surface area contributed by atoms with Crippen LogP contribution < -0.4 is 5.73 Å². The summed E-state index contributed by atoms with van der Waals surface area (Å²) in [5.41, 5.74) is 3.16. The van der Waals surface area contributed by atoms with E-state index in [2.05, 4.69) is 5.10 Å². The monoisotopic (exact) mass is 413 g/mol. The first-order valence-electron chi connectivity index (χ1n) is 8.38. The van der Waals surface area contributed by atoms with Crippen LogP contribution in [0.15, 0.2) is 48.7 Å². The second-order valence-corrected chi connectivity index (χ2v) is 6.36. The van der Waals surface area contributed by atoms with Crippen LogP contribution in [0.25, 0.3) is 10.9 Å². The first-order valence-corrected chi connectivity index (χ1v) is 8.38. The Morgan fingerprint density at radius 2 is 1.76 bits per heavy atom. The van der Waals surface area contributed by atoms with Gasteiger partial charge in [0, 0.05) is 17.5 Å². The summed E-state index contributed by atoms with van der Waals surface area (Å²) < 4.78 is 71.8. The fourth-order valence-corrected chi connectivity index (χ4v) is 3.32. The molecule has 154 valence electrons. The van der Waals surface area contributed by atoms with Crippen LogP contribution in [0.5, 0.6) is 0 Å². The van der Waals surface area contributed by atoms with Crippen molar-refractivity contribution in [2.24, 2.45) is 0 Å². The van der Waals surface area contributed by atoms with Crippen molar-refractivity contribution in [3.05, 3.63) is 59.8 Å². The number of carbonyl (C=O) groups is 1. The molecule has 0 saturated heterocycles. The van der Waals surface area contributed by atoms with Crippen molar-refractivity contribution in [1.82, 2.24) is 9.78 Å². The van der Waals surface area contributed by atoms with Crippen LogP contribution >= 0.6 is 0 Å². The van der Waals surface area contributed by atoms with E-state index in [0.717, 1.165) is 36.1 Å². The second-order valence-electron chi connectivity index (χ2n) is 6.36. The van der Waals surface area contributed by atoms with Gasteiger partial charge >= 0.3 is 12.1 Å². The Labute approximate surface area is 161 Å². The Kier molecular flexibility index (Phi) is 5.20. The lowest BCUT2D eigenvalue weighted by molar-refractivity contribution is -0.151. The maximum Gasteiger partial charge on any atom is 0.416 e. The van der Waals surface area contributed by atoms with Gasteiger partial charge in [-0.2, -0.15) is 18.3 Å². The predicted molar refractivity (Wildman–Crippen MR) is 95.3 cm³/mol. The third-order valence-corrected chi connectivity index (χ3v) is 4.67. The summed E-state index contributed by atoms with van der Waals surface area (Å²) in [5, 5.41) is 4.48. The molecule has 2 aromatic carbocycles. The molecule has 1 unspecified atom stereocenters. The lowest BCUT2D eigenvalue weighted by atomic mass is 9.85. The van der Waals surface area contributed by atoms with Gasteiger partial charge in [0.15, 0.2) is 5.54 Å². The van der Waals surface area contributed by atoms with E-state index in [4.69, 9.17) is 10.5 Å². The van der Waals surface area contributed by atoms with Gasteiger partial charge in [-0.15, -0.1) is 0 Å². The molecule has 3 aromatic rings. The minimum absolute atomic E-state index is 0.120. The fourth-order valence-electron chi connectivity index (χ4n) is 3.32. The average molecular weight is 413 g/mol. The smallest absolute Gasteiger partial charge is 0.416 e. The molecule has 2 N–H and O–H groups in total. The Hall–Kier alpha value is -3.17. The number of methoxy groups -OCH3 is 1. The molecule has 1 aromatic heterocycles. The topological polar surface area (TPSA) is 70.1 Å². The molecule has 10 heteroatoms. The summed E-state index contributed by atoms with van der Waals surface area (Å²) in [6, 6.07) is 8.03. The van der Waals surface area contributed by atoms with E-state index in [0.29, 0.717) is 11.1 Å². The number of nitrogens with two attached hydrogens (primary N) is 1. The summed E-state index contributed by atoms with van der Waals surface area (Å²) in [7, 11) is 1.01. The number of carbonyl (C=O) groups excluding carboxylic acids is 1. The fraction of sp³-hybridized carbons (Fsp3) is 0.263. The number of rotatable bonds is 5. The zero-order valence-electron chi connectivity index (χ0n) is 15.1. The van der Waals surface area contributed by atoms with Gasteiger partial charge in [0.2, 0.25) is 6.43 Å². The van der Waals surface area contributed by atoms with Crippen LogP contribution in [0.1, 0.15) is 17.5 Å². The number of nitrogen functional groups attached to an aromatic ring is 1. The molecule has 0 saturated carbocycles. The molecule has 0 aliphatic heterocycles. The van der Waals surface area contributed by atoms with Crippen LogP contribution in [-0.2, 0) is 21.2 Å². The highest BCUT2D eigenvalue weighted by atomic mass is 19.4. The number of benzene rings is 2. The maximum atomic E-state index is 13.6. The number of alkyl halides is 5. The third kappa shape index (κ3) is 3.50. The number of halogens is 5. The highest BCUT2D eigenvalue weighted by Gasteiger charge is 2.48. The van der Waals surface area contributed by atoms with Crippen LogP contribution in [0.3, 0.4) is 0 Å². The van der Waals surface area contributed by atoms with Crippen molar-refractivity contribution in [2.75, 3.05) is 12.8 Å². The summed E-state index contributed by atoms with van der Waals surface area (Å²) in [6.07, 6.45) is -7.37. The van der Waals surface area contributed by atoms with Crippen LogP contribution in [0, 0.1) is 0 Å². The lowest BCUT2D eigenvalue weighted by Gasteiger charge is -2.32. The third-order valence-electron chi connectivity index (χ3n) is 4.67. The van der Waals surface area contributed by atoms with Crippen LogP contribution in [0.4, 0.5) is 27.6 Å². The standard InChI is InChI=1S/C19H16F5N3O2/c1-29-17(28)18(9-16(20)21,11-5-7-12(8-6-11)19(22,23)24)27-15-4-2-3-14(25)13(15)10-26-27/h2-8,10,16H,9,25H2,1H3. The molecule has 1 heterocycles. The first kappa shape index (κ1) is 20.6. The van der Waals surface area contributed by atoms with Crippen LogP contribution in [-0.4, -0.2) is 29.3 Å². The first-order chi connectivity index (χ1) is 13.6. The molecule has 5 nitrogen and oxygen atoms in total. The van der Waals surface area contributed by atoms with Crippen molar-refractivity contribution in [2.45, 2.75) is 24.6 Å². The van der Waals surface area contributed by atoms with E-state index >= 15 is 0 Å². The molecular formula is C19H16F5N3O2. The van der Waals surface area contributed by atoms with Crippen molar-refractivity contribution in [1.29, 1.82) is 0 Å². The van der Waals surface area contributed by atoms with Gasteiger partial charge in [-0.05, 0) is 29.8 Å². The van der Waals surface area contributed by atoms with Crippen molar-refractivity contribution < 1.29 is 31.5 Å². The molecule has 1 atom stereocenters. The second kappa shape index (κ2) is 7.34. The quantitative estimate of drug-likeness (QED) is 0.387. The van der Waals surface area contributed by atoms with E-state index in [1.54, 1.807) is 12.1 Å². The van der Waals surface area contributed by atoms with E-state index in [1.165, 1.54) is 12.3 Å². The van der Waals surface area contributed by atoms with Gasteiger partial charge < -0.3 is 10.5 Å². The number of hydrogen-bond donors (Lipinski definition) is 1. The molecule has 0 aliphatic rings. The Balaban J connectivity index is 2.32.